The zero-order chi connectivity index (χ0) is 13.0. The summed E-state index contributed by atoms with van der Waals surface area (Å²) in [5.41, 5.74) is 2.14. The van der Waals surface area contributed by atoms with E-state index in [9.17, 15) is 0 Å². The molecule has 0 aliphatic rings. The van der Waals surface area contributed by atoms with Crippen LogP contribution in [0.3, 0.4) is 0 Å². The first-order valence-electron chi connectivity index (χ1n) is 6.04. The van der Waals surface area contributed by atoms with E-state index in [4.69, 9.17) is 11.6 Å². The van der Waals surface area contributed by atoms with Gasteiger partial charge in [0.2, 0.25) is 5.95 Å². The lowest BCUT2D eigenvalue weighted by molar-refractivity contribution is 0.852. The second-order valence-corrected chi connectivity index (χ2v) is 4.52. The minimum Gasteiger partial charge on any atom is -0.348 e. The van der Waals surface area contributed by atoms with Crippen LogP contribution < -0.4 is 5.32 Å². The molecule has 0 fully saturated rings. The van der Waals surface area contributed by atoms with Crippen molar-refractivity contribution in [1.82, 2.24) is 9.97 Å². The van der Waals surface area contributed by atoms with Gasteiger partial charge in [-0.2, -0.15) is 0 Å². The summed E-state index contributed by atoms with van der Waals surface area (Å²) in [7, 11) is 0. The zero-order valence-electron chi connectivity index (χ0n) is 10.5. The van der Waals surface area contributed by atoms with Crippen LogP contribution in [0.2, 0.25) is 5.15 Å². The second-order valence-electron chi connectivity index (χ2n) is 4.14. The smallest absolute Gasteiger partial charge is 0.224 e. The molecule has 1 heterocycles. The number of nitrogens with zero attached hydrogens (tertiary/aromatic N) is 2. The van der Waals surface area contributed by atoms with Crippen molar-refractivity contribution in [3.63, 3.8) is 0 Å². The molecule has 3 nitrogen and oxygen atoms in total. The molecule has 0 radical (unpaired) electrons. The Bertz CT molecular complexity index is 514. The van der Waals surface area contributed by atoms with Crippen LogP contribution in [-0.4, -0.2) is 9.97 Å². The van der Waals surface area contributed by atoms with Gasteiger partial charge in [-0.25, -0.2) is 9.97 Å². The van der Waals surface area contributed by atoms with E-state index in [0.717, 1.165) is 12.1 Å². The Hall–Kier alpha value is -1.61. The van der Waals surface area contributed by atoms with Crippen LogP contribution in [-0.2, 0) is 6.42 Å². The monoisotopic (exact) mass is 261 g/mol. The van der Waals surface area contributed by atoms with Gasteiger partial charge in [-0.15, -0.1) is 0 Å². The van der Waals surface area contributed by atoms with Gasteiger partial charge in [-0.05, 0) is 25.0 Å². The molecule has 0 saturated heterocycles. The summed E-state index contributed by atoms with van der Waals surface area (Å²) in [4.78, 5) is 8.60. The Morgan fingerprint density at radius 3 is 2.61 bits per heavy atom. The van der Waals surface area contributed by atoms with Crippen molar-refractivity contribution in [1.29, 1.82) is 0 Å². The number of rotatable bonds is 4. The van der Waals surface area contributed by atoms with Crippen molar-refractivity contribution in [3.8, 4) is 0 Å². The van der Waals surface area contributed by atoms with Gasteiger partial charge in [0, 0.05) is 5.69 Å². The lowest BCUT2D eigenvalue weighted by Crippen LogP contribution is -2.10. The number of halogens is 1. The first-order chi connectivity index (χ1) is 8.69. The van der Waals surface area contributed by atoms with Crippen LogP contribution in [0.5, 0.6) is 0 Å². The number of anilines is 1. The quantitative estimate of drug-likeness (QED) is 0.849. The maximum Gasteiger partial charge on any atom is 0.224 e. The summed E-state index contributed by atoms with van der Waals surface area (Å²) in [6, 6.07) is 12.1. The molecular weight excluding hydrogens is 246 g/mol. The molecule has 1 aromatic carbocycles. The van der Waals surface area contributed by atoms with Crippen molar-refractivity contribution in [3.05, 3.63) is 52.8 Å². The topological polar surface area (TPSA) is 37.8 Å². The van der Waals surface area contributed by atoms with Crippen LogP contribution in [0, 0.1) is 0 Å². The molecule has 1 N–H and O–H groups in total. The summed E-state index contributed by atoms with van der Waals surface area (Å²) < 4.78 is 0. The molecule has 0 aliphatic heterocycles. The standard InChI is InChI=1S/C14H16ClN3/c1-3-12-9-13(15)18-14(17-12)16-10(2)11-7-5-4-6-8-11/h4-10H,3H2,1-2H3,(H,16,17,18). The molecule has 1 unspecified atom stereocenters. The van der Waals surface area contributed by atoms with E-state index in [2.05, 4.69) is 34.3 Å². The van der Waals surface area contributed by atoms with Gasteiger partial charge < -0.3 is 5.32 Å². The molecule has 2 aromatic rings. The fraction of sp³-hybridized carbons (Fsp3) is 0.286. The molecule has 0 saturated carbocycles. The molecule has 1 atom stereocenters. The number of benzene rings is 1. The molecule has 0 aliphatic carbocycles. The Morgan fingerprint density at radius 2 is 1.94 bits per heavy atom. The third-order valence-electron chi connectivity index (χ3n) is 2.76. The summed E-state index contributed by atoms with van der Waals surface area (Å²) >= 11 is 5.97. The zero-order valence-corrected chi connectivity index (χ0v) is 11.3. The Labute approximate surface area is 112 Å². The Morgan fingerprint density at radius 1 is 1.22 bits per heavy atom. The van der Waals surface area contributed by atoms with Crippen LogP contribution in [0.1, 0.15) is 31.1 Å². The molecule has 0 spiro atoms. The van der Waals surface area contributed by atoms with Gasteiger partial charge in [0.25, 0.3) is 0 Å². The highest BCUT2D eigenvalue weighted by Crippen LogP contribution is 2.18. The molecule has 4 heteroatoms. The third-order valence-corrected chi connectivity index (χ3v) is 2.95. The SMILES string of the molecule is CCc1cc(Cl)nc(NC(C)c2ccccc2)n1. The average molecular weight is 262 g/mol. The van der Waals surface area contributed by atoms with E-state index < -0.39 is 0 Å². The van der Waals surface area contributed by atoms with Crippen LogP contribution in [0.4, 0.5) is 5.95 Å². The van der Waals surface area contributed by atoms with Crippen molar-refractivity contribution in [2.75, 3.05) is 5.32 Å². The largest absolute Gasteiger partial charge is 0.348 e. The van der Waals surface area contributed by atoms with E-state index in [1.165, 1.54) is 5.56 Å². The van der Waals surface area contributed by atoms with Crippen molar-refractivity contribution in [2.45, 2.75) is 26.3 Å². The molecule has 1 aromatic heterocycles. The summed E-state index contributed by atoms with van der Waals surface area (Å²) in [5.74, 6) is 0.579. The molecular formula is C14H16ClN3. The lowest BCUT2D eigenvalue weighted by atomic mass is 10.1. The van der Waals surface area contributed by atoms with Crippen molar-refractivity contribution >= 4 is 17.5 Å². The predicted molar refractivity (Wildman–Crippen MR) is 74.9 cm³/mol. The van der Waals surface area contributed by atoms with E-state index in [1.807, 2.05) is 25.1 Å². The maximum atomic E-state index is 5.97. The maximum absolute atomic E-state index is 5.97. The number of hydrogen-bond donors (Lipinski definition) is 1. The Balaban J connectivity index is 2.16. The van der Waals surface area contributed by atoms with Crippen LogP contribution >= 0.6 is 11.6 Å². The van der Waals surface area contributed by atoms with Gasteiger partial charge in [-0.3, -0.25) is 0 Å². The van der Waals surface area contributed by atoms with Gasteiger partial charge in [-0.1, -0.05) is 48.9 Å². The highest BCUT2D eigenvalue weighted by Gasteiger charge is 2.08. The van der Waals surface area contributed by atoms with Crippen LogP contribution in [0.15, 0.2) is 36.4 Å². The van der Waals surface area contributed by atoms with Gasteiger partial charge in [0.1, 0.15) is 5.15 Å². The van der Waals surface area contributed by atoms with E-state index in [-0.39, 0.29) is 6.04 Å². The van der Waals surface area contributed by atoms with Crippen molar-refractivity contribution in [2.24, 2.45) is 0 Å². The van der Waals surface area contributed by atoms with E-state index in [1.54, 1.807) is 6.07 Å². The van der Waals surface area contributed by atoms with E-state index in [0.29, 0.717) is 11.1 Å². The minimum atomic E-state index is 0.148. The molecule has 2 rings (SSSR count). The highest BCUT2D eigenvalue weighted by molar-refractivity contribution is 6.29. The van der Waals surface area contributed by atoms with Gasteiger partial charge in [0.15, 0.2) is 0 Å². The molecule has 0 amide bonds. The molecule has 0 bridgehead atoms. The Kier molecular flexibility index (Phi) is 4.15. The fourth-order valence-electron chi connectivity index (χ4n) is 1.73. The van der Waals surface area contributed by atoms with Gasteiger partial charge >= 0.3 is 0 Å². The summed E-state index contributed by atoms with van der Waals surface area (Å²) in [6.07, 6.45) is 0.844. The van der Waals surface area contributed by atoms with Gasteiger partial charge in [0.05, 0.1) is 6.04 Å². The first kappa shape index (κ1) is 12.8. The summed E-state index contributed by atoms with van der Waals surface area (Å²) in [6.45, 7) is 4.12. The average Bonchev–Trinajstić information content (AvgIpc) is 2.39. The second kappa shape index (κ2) is 5.83. The normalized spacial score (nSPS) is 12.2. The molecule has 94 valence electrons. The van der Waals surface area contributed by atoms with Crippen LogP contribution in [0.25, 0.3) is 0 Å². The predicted octanol–water partition coefficient (Wildman–Crippen LogP) is 3.87. The number of aryl methyl sites for hydroxylation is 1. The van der Waals surface area contributed by atoms with Crippen molar-refractivity contribution < 1.29 is 0 Å². The number of aromatic nitrogens is 2. The van der Waals surface area contributed by atoms with E-state index >= 15 is 0 Å². The summed E-state index contributed by atoms with van der Waals surface area (Å²) in [5, 5.41) is 3.74. The third kappa shape index (κ3) is 3.20. The fourth-order valence-corrected chi connectivity index (χ4v) is 1.93. The first-order valence-corrected chi connectivity index (χ1v) is 6.41. The minimum absolute atomic E-state index is 0.148. The number of nitrogens with one attached hydrogen (secondary N) is 1. The molecule has 18 heavy (non-hydrogen) atoms. The highest BCUT2D eigenvalue weighted by atomic mass is 35.5. The lowest BCUT2D eigenvalue weighted by Gasteiger charge is -2.14. The number of hydrogen-bond acceptors (Lipinski definition) is 3.